The molecule has 1 aromatic heterocycles. The van der Waals surface area contributed by atoms with Crippen LogP contribution < -0.4 is 0 Å². The Morgan fingerprint density at radius 2 is 1.78 bits per heavy atom. The van der Waals surface area contributed by atoms with Gasteiger partial charge in [-0.3, -0.25) is 19.3 Å². The Hall–Kier alpha value is -2.54. The lowest BCUT2D eigenvalue weighted by Gasteiger charge is -2.43. The van der Waals surface area contributed by atoms with Crippen molar-refractivity contribution in [3.8, 4) is 0 Å². The van der Waals surface area contributed by atoms with E-state index in [-0.39, 0.29) is 35.6 Å². The number of aryl methyl sites for hydroxylation is 1. The van der Waals surface area contributed by atoms with Crippen LogP contribution in [0.3, 0.4) is 0 Å². The third-order valence-corrected chi connectivity index (χ3v) is 6.73. The van der Waals surface area contributed by atoms with Crippen LogP contribution in [-0.2, 0) is 9.59 Å². The molecule has 2 fully saturated rings. The van der Waals surface area contributed by atoms with Gasteiger partial charge < -0.3 is 4.90 Å². The van der Waals surface area contributed by atoms with Gasteiger partial charge in [-0.2, -0.15) is 0 Å². The summed E-state index contributed by atoms with van der Waals surface area (Å²) in [5, 5.41) is 0.973. The molecule has 138 valence electrons. The molecule has 0 saturated carbocycles. The number of thiazole rings is 1. The molecule has 3 amide bonds. The molecule has 0 spiro atoms. The molecule has 2 aliphatic heterocycles. The van der Waals surface area contributed by atoms with Crippen LogP contribution in [0.5, 0.6) is 0 Å². The number of aromatic nitrogens is 1. The Morgan fingerprint density at radius 3 is 2.44 bits per heavy atom. The molecule has 2 saturated heterocycles. The van der Waals surface area contributed by atoms with Gasteiger partial charge in [0.1, 0.15) is 0 Å². The number of carbonyl (C=O) groups is 3. The minimum atomic E-state index is -0.204. The van der Waals surface area contributed by atoms with Gasteiger partial charge in [-0.05, 0) is 38.0 Å². The number of fused-ring (bicyclic) bond motifs is 2. The van der Waals surface area contributed by atoms with Crippen molar-refractivity contribution in [3.63, 3.8) is 0 Å². The lowest BCUT2D eigenvalue weighted by Crippen LogP contribution is -2.62. The maximum atomic E-state index is 12.8. The molecule has 2 atom stereocenters. The van der Waals surface area contributed by atoms with Gasteiger partial charge in [0.15, 0.2) is 0 Å². The van der Waals surface area contributed by atoms with Crippen molar-refractivity contribution in [2.75, 3.05) is 13.1 Å². The number of carbonyl (C=O) groups excluding carboxylic acids is 3. The summed E-state index contributed by atoms with van der Waals surface area (Å²) >= 11 is 1.57. The van der Waals surface area contributed by atoms with Crippen molar-refractivity contribution in [3.05, 3.63) is 40.9 Å². The van der Waals surface area contributed by atoms with Crippen LogP contribution in [-0.4, -0.2) is 51.6 Å². The van der Waals surface area contributed by atoms with Crippen LogP contribution in [0.15, 0.2) is 30.4 Å². The first-order valence-corrected chi connectivity index (χ1v) is 10.0. The summed E-state index contributed by atoms with van der Waals surface area (Å²) in [5.74, 6) is -0.591. The van der Waals surface area contributed by atoms with E-state index in [0.29, 0.717) is 31.5 Å². The number of hydrogen-bond donors (Lipinski definition) is 0. The molecule has 0 unspecified atom stereocenters. The number of benzene rings is 1. The summed E-state index contributed by atoms with van der Waals surface area (Å²) < 4.78 is 0.997. The van der Waals surface area contributed by atoms with E-state index in [9.17, 15) is 14.4 Å². The Bertz CT molecular complexity index is 979. The smallest absolute Gasteiger partial charge is 0.254 e. The fraction of sp³-hybridized carbons (Fsp3) is 0.400. The number of amides is 3. The normalized spacial score (nSPS) is 25.2. The predicted octanol–water partition coefficient (Wildman–Crippen LogP) is 2.38. The van der Waals surface area contributed by atoms with E-state index >= 15 is 0 Å². The summed E-state index contributed by atoms with van der Waals surface area (Å²) in [7, 11) is 0. The van der Waals surface area contributed by atoms with Crippen molar-refractivity contribution in [1.29, 1.82) is 0 Å². The van der Waals surface area contributed by atoms with Crippen LogP contribution in [0.1, 0.15) is 28.2 Å². The SMILES string of the molecule is Cc1nc2ccc(C(=O)N3CC(N4C(=O)[C@@H]5CC=CC[C@H]5C4=O)C3)cc2s1. The van der Waals surface area contributed by atoms with Crippen LogP contribution >= 0.6 is 11.3 Å². The zero-order valence-corrected chi connectivity index (χ0v) is 15.7. The summed E-state index contributed by atoms with van der Waals surface area (Å²) in [6, 6.07) is 5.36. The number of rotatable bonds is 2. The maximum absolute atomic E-state index is 12.8. The lowest BCUT2D eigenvalue weighted by atomic mass is 9.85. The highest BCUT2D eigenvalue weighted by molar-refractivity contribution is 7.18. The average Bonchev–Trinajstić information content (AvgIpc) is 3.12. The number of allylic oxidation sites excluding steroid dienone is 2. The third-order valence-electron chi connectivity index (χ3n) is 5.80. The molecule has 0 radical (unpaired) electrons. The lowest BCUT2D eigenvalue weighted by molar-refractivity contribution is -0.145. The van der Waals surface area contributed by atoms with Crippen molar-refractivity contribution in [2.24, 2.45) is 11.8 Å². The molecule has 27 heavy (non-hydrogen) atoms. The molecule has 1 aliphatic carbocycles. The van der Waals surface area contributed by atoms with Crippen molar-refractivity contribution < 1.29 is 14.4 Å². The molecular formula is C20H19N3O3S. The monoisotopic (exact) mass is 381 g/mol. The van der Waals surface area contributed by atoms with Gasteiger partial charge in [0.2, 0.25) is 11.8 Å². The van der Waals surface area contributed by atoms with Crippen LogP contribution in [0.25, 0.3) is 10.2 Å². The number of imide groups is 1. The topological polar surface area (TPSA) is 70.6 Å². The first-order valence-electron chi connectivity index (χ1n) is 9.21. The van der Waals surface area contributed by atoms with Crippen molar-refractivity contribution in [2.45, 2.75) is 25.8 Å². The Labute approximate surface area is 160 Å². The van der Waals surface area contributed by atoms with Crippen LogP contribution in [0.2, 0.25) is 0 Å². The number of hydrogen-bond acceptors (Lipinski definition) is 5. The number of likely N-dealkylation sites (tertiary alicyclic amines) is 2. The quantitative estimate of drug-likeness (QED) is 0.592. The minimum absolute atomic E-state index is 0.0580. The summed E-state index contributed by atoms with van der Waals surface area (Å²) in [5.41, 5.74) is 1.53. The summed E-state index contributed by atoms with van der Waals surface area (Å²) in [6.45, 7) is 2.79. The Morgan fingerprint density at radius 1 is 1.11 bits per heavy atom. The van der Waals surface area contributed by atoms with E-state index in [1.165, 1.54) is 4.90 Å². The number of nitrogens with zero attached hydrogens (tertiary/aromatic N) is 3. The molecule has 2 aromatic rings. The second kappa shape index (κ2) is 5.99. The van der Waals surface area contributed by atoms with E-state index in [1.807, 2.05) is 31.2 Å². The van der Waals surface area contributed by atoms with E-state index in [4.69, 9.17) is 0 Å². The summed E-state index contributed by atoms with van der Waals surface area (Å²) in [4.78, 5) is 45.6. The molecule has 3 aliphatic rings. The highest BCUT2D eigenvalue weighted by Gasteiger charge is 2.52. The molecule has 3 heterocycles. The van der Waals surface area contributed by atoms with Crippen LogP contribution in [0, 0.1) is 18.8 Å². The molecule has 6 nitrogen and oxygen atoms in total. The Kier molecular flexibility index (Phi) is 3.69. The first kappa shape index (κ1) is 16.6. The second-order valence-corrected chi connectivity index (χ2v) is 8.72. The molecular weight excluding hydrogens is 362 g/mol. The van der Waals surface area contributed by atoms with E-state index < -0.39 is 0 Å². The average molecular weight is 381 g/mol. The van der Waals surface area contributed by atoms with Gasteiger partial charge in [-0.25, -0.2) is 4.98 Å². The van der Waals surface area contributed by atoms with E-state index in [2.05, 4.69) is 4.98 Å². The van der Waals surface area contributed by atoms with Gasteiger partial charge in [0.25, 0.3) is 5.91 Å². The molecule has 7 heteroatoms. The third kappa shape index (κ3) is 2.52. The second-order valence-electron chi connectivity index (χ2n) is 7.48. The van der Waals surface area contributed by atoms with Gasteiger partial charge in [0, 0.05) is 18.7 Å². The summed E-state index contributed by atoms with van der Waals surface area (Å²) in [6.07, 6.45) is 5.28. The minimum Gasteiger partial charge on any atom is -0.334 e. The van der Waals surface area contributed by atoms with Gasteiger partial charge >= 0.3 is 0 Å². The fourth-order valence-electron chi connectivity index (χ4n) is 4.33. The van der Waals surface area contributed by atoms with Gasteiger partial charge in [-0.1, -0.05) is 12.2 Å². The molecule has 0 bridgehead atoms. The fourth-order valence-corrected chi connectivity index (χ4v) is 5.19. The predicted molar refractivity (Wildman–Crippen MR) is 101 cm³/mol. The zero-order chi connectivity index (χ0) is 18.7. The zero-order valence-electron chi connectivity index (χ0n) is 14.9. The highest BCUT2D eigenvalue weighted by atomic mass is 32.1. The van der Waals surface area contributed by atoms with Gasteiger partial charge in [-0.15, -0.1) is 11.3 Å². The van der Waals surface area contributed by atoms with Crippen LogP contribution in [0.4, 0.5) is 0 Å². The van der Waals surface area contributed by atoms with E-state index in [0.717, 1.165) is 15.2 Å². The Balaban J connectivity index is 1.29. The van der Waals surface area contributed by atoms with Crippen molar-refractivity contribution in [1.82, 2.24) is 14.8 Å². The standard InChI is InChI=1S/C20H19N3O3S/c1-11-21-16-7-6-12(8-17(16)27-11)18(24)22-9-13(10-22)23-19(25)14-4-2-3-5-15(14)20(23)26/h2-3,6-8,13-15H,4-5,9-10H2,1H3/t14-,15-/m1/s1. The van der Waals surface area contributed by atoms with Gasteiger partial charge in [0.05, 0.1) is 33.1 Å². The highest BCUT2D eigenvalue weighted by Crippen LogP contribution is 2.37. The van der Waals surface area contributed by atoms with Crippen molar-refractivity contribution >= 4 is 39.3 Å². The van der Waals surface area contributed by atoms with E-state index in [1.54, 1.807) is 22.3 Å². The maximum Gasteiger partial charge on any atom is 0.254 e. The first-order chi connectivity index (χ1) is 13.0. The molecule has 1 aromatic carbocycles. The largest absolute Gasteiger partial charge is 0.334 e. The molecule has 0 N–H and O–H groups in total. The molecule has 5 rings (SSSR count).